The van der Waals surface area contributed by atoms with Gasteiger partial charge in [0.1, 0.15) is 0 Å². The Balaban J connectivity index is 3.96. The van der Waals surface area contributed by atoms with Crippen molar-refractivity contribution in [2.24, 2.45) is 0 Å². The summed E-state index contributed by atoms with van der Waals surface area (Å²) in [5, 5.41) is -4.67. The molecule has 7 heteroatoms. The number of hydrogen-bond acceptors (Lipinski definition) is 3. The lowest BCUT2D eigenvalue weighted by Gasteiger charge is -2.10. The van der Waals surface area contributed by atoms with E-state index in [9.17, 15) is 22.0 Å². The van der Waals surface area contributed by atoms with E-state index in [0.29, 0.717) is 6.42 Å². The third-order valence-electron chi connectivity index (χ3n) is 2.41. The van der Waals surface area contributed by atoms with Gasteiger partial charge in [0.05, 0.1) is 0 Å². The van der Waals surface area contributed by atoms with Crippen LogP contribution in [0.15, 0.2) is 0 Å². The molecule has 0 saturated heterocycles. The van der Waals surface area contributed by atoms with Crippen molar-refractivity contribution in [1.82, 2.24) is 0 Å². The average Bonchev–Trinajstić information content (AvgIpc) is 2.21. The van der Waals surface area contributed by atoms with Crippen LogP contribution in [-0.2, 0) is 14.9 Å². The van der Waals surface area contributed by atoms with Gasteiger partial charge in [-0.25, -0.2) is 0 Å². The fraction of sp³-hybridized carbons (Fsp3) is 0.900. The van der Waals surface area contributed by atoms with Crippen LogP contribution in [0.4, 0.5) is 8.78 Å². The molecule has 0 aliphatic rings. The maximum atomic E-state index is 12.8. The Kier molecular flexibility index (Phi) is 6.77. The van der Waals surface area contributed by atoms with Gasteiger partial charge in [0.15, 0.2) is 0 Å². The number of Topliss-reactive ketones (excluding diaryl/α,β-unsaturated/α-hetero) is 1. The summed E-state index contributed by atoms with van der Waals surface area (Å²) in [5.74, 6) is -1.74. The summed E-state index contributed by atoms with van der Waals surface area (Å²) in [7, 11) is -5.64. The summed E-state index contributed by atoms with van der Waals surface area (Å²) in [5.41, 5.74) is 0. The fourth-order valence-corrected chi connectivity index (χ4v) is 1.75. The van der Waals surface area contributed by atoms with Crippen LogP contribution in [0.5, 0.6) is 0 Å². The monoisotopic (exact) mass is 272 g/mol. The van der Waals surface area contributed by atoms with E-state index in [1.807, 2.05) is 6.92 Å². The van der Waals surface area contributed by atoms with E-state index in [1.165, 1.54) is 0 Å². The molecular formula is C10H18F2O4S. The number of hydrogen-bond donors (Lipinski definition) is 1. The summed E-state index contributed by atoms with van der Waals surface area (Å²) >= 11 is 0. The van der Waals surface area contributed by atoms with Crippen molar-refractivity contribution < 1.29 is 26.5 Å². The van der Waals surface area contributed by atoms with Crippen LogP contribution in [0.3, 0.4) is 0 Å². The highest BCUT2D eigenvalue weighted by atomic mass is 32.2. The maximum Gasteiger partial charge on any atom is 0.426 e. The fourth-order valence-electron chi connectivity index (χ4n) is 1.36. The van der Waals surface area contributed by atoms with E-state index < -0.39 is 27.6 Å². The third kappa shape index (κ3) is 5.54. The van der Waals surface area contributed by atoms with Gasteiger partial charge in [-0.3, -0.25) is 9.35 Å². The lowest BCUT2D eigenvalue weighted by atomic mass is 10.1. The molecule has 0 rings (SSSR count). The van der Waals surface area contributed by atoms with Crippen molar-refractivity contribution in [3.05, 3.63) is 0 Å². The van der Waals surface area contributed by atoms with Crippen LogP contribution in [0, 0.1) is 0 Å². The van der Waals surface area contributed by atoms with Gasteiger partial charge >= 0.3 is 15.4 Å². The van der Waals surface area contributed by atoms with Crippen molar-refractivity contribution >= 4 is 15.9 Å². The normalized spacial score (nSPS) is 12.7. The quantitative estimate of drug-likeness (QED) is 0.517. The number of ketones is 1. The molecule has 17 heavy (non-hydrogen) atoms. The first kappa shape index (κ1) is 16.4. The summed E-state index contributed by atoms with van der Waals surface area (Å²) in [6.07, 6.45) is 4.20. The molecule has 0 atom stereocenters. The smallest absolute Gasteiger partial charge is 0.292 e. The second-order valence-electron chi connectivity index (χ2n) is 3.93. The van der Waals surface area contributed by atoms with Gasteiger partial charge < -0.3 is 0 Å². The molecule has 4 nitrogen and oxygen atoms in total. The molecule has 1 N–H and O–H groups in total. The van der Waals surface area contributed by atoms with Crippen molar-refractivity contribution in [2.75, 3.05) is 0 Å². The van der Waals surface area contributed by atoms with Gasteiger partial charge in [0, 0.05) is 6.42 Å². The van der Waals surface area contributed by atoms with Gasteiger partial charge in [-0.2, -0.15) is 17.2 Å². The highest BCUT2D eigenvalue weighted by Gasteiger charge is 2.50. The van der Waals surface area contributed by atoms with Crippen LogP contribution >= 0.6 is 0 Å². The number of unbranched alkanes of at least 4 members (excludes halogenated alkanes) is 5. The van der Waals surface area contributed by atoms with E-state index in [1.54, 1.807) is 0 Å². The Morgan fingerprint density at radius 2 is 1.59 bits per heavy atom. The minimum absolute atomic E-state index is 0.216. The molecule has 0 radical (unpaired) electrons. The van der Waals surface area contributed by atoms with Crippen LogP contribution < -0.4 is 0 Å². The number of halogens is 2. The minimum atomic E-state index is -5.64. The Morgan fingerprint density at radius 3 is 2.06 bits per heavy atom. The van der Waals surface area contributed by atoms with Crippen molar-refractivity contribution in [1.29, 1.82) is 0 Å². The standard InChI is InChI=1S/C10H18F2O4S/c1-2-3-4-5-6-7-8-9(13)10(11,12)17(14,15)16/h2-8H2,1H3,(H,14,15,16). The van der Waals surface area contributed by atoms with Crippen LogP contribution in [-0.4, -0.2) is 24.0 Å². The Hall–Kier alpha value is -0.560. The summed E-state index contributed by atoms with van der Waals surface area (Å²) < 4.78 is 54.2. The Labute approximate surface area is 100 Å². The summed E-state index contributed by atoms with van der Waals surface area (Å²) in [6, 6.07) is 0. The molecule has 0 saturated carbocycles. The topological polar surface area (TPSA) is 71.4 Å². The first-order valence-electron chi connectivity index (χ1n) is 5.61. The van der Waals surface area contributed by atoms with Crippen LogP contribution in [0.1, 0.15) is 51.9 Å². The van der Waals surface area contributed by atoms with Crippen LogP contribution in [0.25, 0.3) is 0 Å². The zero-order valence-electron chi connectivity index (χ0n) is 9.79. The molecule has 0 spiro atoms. The molecule has 0 heterocycles. The first-order valence-corrected chi connectivity index (χ1v) is 7.05. The van der Waals surface area contributed by atoms with Crippen LogP contribution in [0.2, 0.25) is 0 Å². The number of rotatable bonds is 9. The Morgan fingerprint density at radius 1 is 1.12 bits per heavy atom. The van der Waals surface area contributed by atoms with E-state index in [0.717, 1.165) is 25.7 Å². The molecule has 0 aromatic carbocycles. The minimum Gasteiger partial charge on any atom is -0.292 e. The zero-order valence-corrected chi connectivity index (χ0v) is 10.6. The van der Waals surface area contributed by atoms with Gasteiger partial charge in [-0.15, -0.1) is 0 Å². The molecule has 0 aliphatic carbocycles. The molecular weight excluding hydrogens is 254 g/mol. The van der Waals surface area contributed by atoms with Gasteiger partial charge in [0.25, 0.3) is 0 Å². The molecule has 0 aromatic rings. The third-order valence-corrected chi connectivity index (χ3v) is 3.28. The highest BCUT2D eigenvalue weighted by molar-refractivity contribution is 7.87. The van der Waals surface area contributed by atoms with E-state index in [-0.39, 0.29) is 6.42 Å². The second-order valence-corrected chi connectivity index (χ2v) is 5.40. The highest BCUT2D eigenvalue weighted by Crippen LogP contribution is 2.24. The largest absolute Gasteiger partial charge is 0.426 e. The number of carbonyl (C=O) groups excluding carboxylic acids is 1. The van der Waals surface area contributed by atoms with Crippen molar-refractivity contribution in [2.45, 2.75) is 57.1 Å². The van der Waals surface area contributed by atoms with Gasteiger partial charge in [-0.05, 0) is 6.42 Å². The lowest BCUT2D eigenvalue weighted by Crippen LogP contribution is -2.37. The second kappa shape index (κ2) is 7.00. The van der Waals surface area contributed by atoms with Gasteiger partial charge in [-0.1, -0.05) is 39.0 Å². The molecule has 102 valence electrons. The molecule has 0 aromatic heterocycles. The lowest BCUT2D eigenvalue weighted by molar-refractivity contribution is -0.133. The SMILES string of the molecule is CCCCCCCCC(=O)C(F)(F)S(=O)(=O)O. The summed E-state index contributed by atoms with van der Waals surface area (Å²) in [4.78, 5) is 10.9. The molecule has 0 bridgehead atoms. The average molecular weight is 272 g/mol. The van der Waals surface area contributed by atoms with E-state index in [2.05, 4.69) is 0 Å². The number of carbonyl (C=O) groups is 1. The predicted octanol–water partition coefficient (Wildman–Crippen LogP) is 2.79. The maximum absolute atomic E-state index is 12.8. The molecule has 0 amide bonds. The summed E-state index contributed by atoms with van der Waals surface area (Å²) in [6.45, 7) is 2.04. The Bertz CT molecular complexity index is 338. The molecule has 0 unspecified atom stereocenters. The zero-order chi connectivity index (χ0) is 13.5. The van der Waals surface area contributed by atoms with E-state index >= 15 is 0 Å². The first-order chi connectivity index (χ1) is 7.73. The molecule has 0 fully saturated rings. The van der Waals surface area contributed by atoms with E-state index in [4.69, 9.17) is 4.55 Å². The van der Waals surface area contributed by atoms with Gasteiger partial charge in [0.2, 0.25) is 5.78 Å². The number of alkyl halides is 2. The van der Waals surface area contributed by atoms with Crippen molar-refractivity contribution in [3.8, 4) is 0 Å². The predicted molar refractivity (Wildman–Crippen MR) is 59.5 cm³/mol. The molecule has 0 aliphatic heterocycles. The van der Waals surface area contributed by atoms with Crippen molar-refractivity contribution in [3.63, 3.8) is 0 Å².